The Morgan fingerprint density at radius 3 is 2.59 bits per heavy atom. The van der Waals surface area contributed by atoms with Gasteiger partial charge in [-0.05, 0) is 36.3 Å². The number of benzene rings is 1. The molecular weight excluding hydrogens is 426 g/mol. The molecule has 0 N–H and O–H groups in total. The molecule has 1 aliphatic heterocycles. The van der Waals surface area contributed by atoms with Crippen molar-refractivity contribution in [1.82, 2.24) is 24.5 Å². The van der Waals surface area contributed by atoms with Crippen molar-refractivity contribution in [2.45, 2.75) is 0 Å². The lowest BCUT2D eigenvalue weighted by Crippen LogP contribution is -2.40. The lowest BCUT2D eigenvalue weighted by atomic mass is 10.1. The minimum Gasteiger partial charge on any atom is -0.378 e. The minimum atomic E-state index is 0.0187. The van der Waals surface area contributed by atoms with Crippen molar-refractivity contribution in [2.75, 3.05) is 26.3 Å². The van der Waals surface area contributed by atoms with E-state index in [9.17, 15) is 4.79 Å². The predicted molar refractivity (Wildman–Crippen MR) is 120 cm³/mol. The number of carbonyl (C=O) groups is 1. The van der Waals surface area contributed by atoms with Gasteiger partial charge in [0.15, 0.2) is 5.65 Å². The molecule has 0 radical (unpaired) electrons. The zero-order valence-electron chi connectivity index (χ0n) is 17.0. The van der Waals surface area contributed by atoms with Crippen LogP contribution >= 0.6 is 11.6 Å². The van der Waals surface area contributed by atoms with Crippen LogP contribution in [0.4, 0.5) is 0 Å². The second kappa shape index (κ2) is 8.79. The summed E-state index contributed by atoms with van der Waals surface area (Å²) in [6, 6.07) is 13.0. The van der Waals surface area contributed by atoms with Crippen LogP contribution in [0.25, 0.3) is 16.9 Å². The maximum atomic E-state index is 12.7. The Labute approximate surface area is 189 Å². The first-order valence-electron chi connectivity index (χ1n) is 10.1. The number of morpholine rings is 1. The molecule has 1 saturated heterocycles. The fraction of sp³-hybridized carbons (Fsp3) is 0.167. The fourth-order valence-corrected chi connectivity index (χ4v) is 3.62. The van der Waals surface area contributed by atoms with Gasteiger partial charge in [-0.3, -0.25) is 9.78 Å². The second-order valence-electron chi connectivity index (χ2n) is 7.22. The fourth-order valence-electron chi connectivity index (χ4n) is 3.45. The zero-order chi connectivity index (χ0) is 21.9. The van der Waals surface area contributed by atoms with Crippen molar-refractivity contribution in [2.24, 2.45) is 0 Å². The first kappa shape index (κ1) is 20.2. The summed E-state index contributed by atoms with van der Waals surface area (Å²) in [6.07, 6.45) is 4.89. The average Bonchev–Trinajstić information content (AvgIpc) is 3.26. The molecule has 5 rings (SSSR count). The van der Waals surface area contributed by atoms with E-state index in [4.69, 9.17) is 21.4 Å². The number of hydrogen-bond donors (Lipinski definition) is 0. The number of rotatable bonds is 2. The van der Waals surface area contributed by atoms with Crippen LogP contribution in [0.5, 0.6) is 0 Å². The summed E-state index contributed by atoms with van der Waals surface area (Å²) in [4.78, 5) is 22.8. The lowest BCUT2D eigenvalue weighted by Gasteiger charge is -2.26. The zero-order valence-corrected chi connectivity index (χ0v) is 17.8. The summed E-state index contributed by atoms with van der Waals surface area (Å²) in [7, 11) is 0. The predicted octanol–water partition coefficient (Wildman–Crippen LogP) is 3.32. The van der Waals surface area contributed by atoms with Crippen LogP contribution in [0.3, 0.4) is 0 Å². The van der Waals surface area contributed by atoms with Crippen LogP contribution in [0, 0.1) is 11.8 Å². The van der Waals surface area contributed by atoms with Crippen molar-refractivity contribution in [3.63, 3.8) is 0 Å². The minimum absolute atomic E-state index is 0.0187. The standard InChI is InChI=1S/C24H18ClN5O2/c25-21-16-26-10-9-17(21)5-6-20-15-27-23-8-7-22(28-30(20)23)18-1-3-19(4-2-18)24(31)29-11-13-32-14-12-29/h1-4,7-10,15-16H,11-14H2. The maximum Gasteiger partial charge on any atom is 0.254 e. The van der Waals surface area contributed by atoms with Crippen LogP contribution in [0.2, 0.25) is 5.02 Å². The van der Waals surface area contributed by atoms with Crippen molar-refractivity contribution in [1.29, 1.82) is 0 Å². The number of halogens is 1. The van der Waals surface area contributed by atoms with Gasteiger partial charge in [0.25, 0.3) is 5.91 Å². The Morgan fingerprint density at radius 2 is 1.81 bits per heavy atom. The van der Waals surface area contributed by atoms with E-state index in [0.717, 1.165) is 11.3 Å². The largest absolute Gasteiger partial charge is 0.378 e. The summed E-state index contributed by atoms with van der Waals surface area (Å²) >= 11 is 6.14. The summed E-state index contributed by atoms with van der Waals surface area (Å²) < 4.78 is 7.02. The number of amides is 1. The van der Waals surface area contributed by atoms with E-state index >= 15 is 0 Å². The third kappa shape index (κ3) is 4.06. The van der Waals surface area contributed by atoms with Gasteiger partial charge < -0.3 is 9.64 Å². The second-order valence-corrected chi connectivity index (χ2v) is 7.63. The third-order valence-electron chi connectivity index (χ3n) is 5.19. The normalized spacial score (nSPS) is 13.6. The first-order chi connectivity index (χ1) is 15.7. The molecule has 8 heteroatoms. The highest BCUT2D eigenvalue weighted by molar-refractivity contribution is 6.31. The summed E-state index contributed by atoms with van der Waals surface area (Å²) in [5.74, 6) is 6.14. The van der Waals surface area contributed by atoms with Gasteiger partial charge in [0.1, 0.15) is 5.69 Å². The van der Waals surface area contributed by atoms with Crippen LogP contribution in [0.1, 0.15) is 21.6 Å². The van der Waals surface area contributed by atoms with Crippen molar-refractivity contribution >= 4 is 23.2 Å². The van der Waals surface area contributed by atoms with E-state index in [1.165, 1.54) is 0 Å². The van der Waals surface area contributed by atoms with Crippen LogP contribution in [0.15, 0.2) is 61.1 Å². The Kier molecular flexibility index (Phi) is 5.55. The van der Waals surface area contributed by atoms with Gasteiger partial charge in [-0.25, -0.2) is 9.50 Å². The molecule has 1 amide bonds. The van der Waals surface area contributed by atoms with Crippen LogP contribution in [-0.2, 0) is 4.74 Å². The van der Waals surface area contributed by atoms with E-state index in [0.29, 0.717) is 53.8 Å². The molecule has 158 valence electrons. The maximum absolute atomic E-state index is 12.7. The lowest BCUT2D eigenvalue weighted by molar-refractivity contribution is 0.0303. The van der Waals surface area contributed by atoms with E-state index in [2.05, 4.69) is 21.8 Å². The van der Waals surface area contributed by atoms with Crippen molar-refractivity contribution in [3.05, 3.63) is 82.9 Å². The average molecular weight is 444 g/mol. The van der Waals surface area contributed by atoms with Gasteiger partial charge in [-0.15, -0.1) is 0 Å². The quantitative estimate of drug-likeness (QED) is 0.444. The topological polar surface area (TPSA) is 72.6 Å². The number of nitrogens with zero attached hydrogens (tertiary/aromatic N) is 5. The molecule has 1 aliphatic rings. The SMILES string of the molecule is O=C(c1ccc(-c2ccc3ncc(C#Cc4ccncc4Cl)n3n2)cc1)N1CCOCC1. The molecule has 32 heavy (non-hydrogen) atoms. The smallest absolute Gasteiger partial charge is 0.254 e. The summed E-state index contributed by atoms with van der Waals surface area (Å²) in [5.41, 5.74) is 4.33. The van der Waals surface area contributed by atoms with E-state index in [-0.39, 0.29) is 5.91 Å². The highest BCUT2D eigenvalue weighted by Gasteiger charge is 2.18. The molecule has 7 nitrogen and oxygen atoms in total. The molecule has 0 bridgehead atoms. The molecule has 4 heterocycles. The van der Waals surface area contributed by atoms with Gasteiger partial charge >= 0.3 is 0 Å². The Morgan fingerprint density at radius 1 is 1.00 bits per heavy atom. The third-order valence-corrected chi connectivity index (χ3v) is 5.49. The number of pyridine rings is 1. The number of ether oxygens (including phenoxy) is 1. The molecule has 4 aromatic rings. The van der Waals surface area contributed by atoms with Crippen LogP contribution < -0.4 is 0 Å². The highest BCUT2D eigenvalue weighted by atomic mass is 35.5. The Balaban J connectivity index is 1.42. The van der Waals surface area contributed by atoms with Gasteiger partial charge in [0, 0.05) is 42.2 Å². The number of fused-ring (bicyclic) bond motifs is 1. The molecule has 0 spiro atoms. The van der Waals surface area contributed by atoms with E-state index < -0.39 is 0 Å². The Hall–Kier alpha value is -3.73. The number of imidazole rings is 1. The molecule has 0 aliphatic carbocycles. The molecule has 0 unspecified atom stereocenters. The molecule has 1 fully saturated rings. The summed E-state index contributed by atoms with van der Waals surface area (Å²) in [6.45, 7) is 2.40. The van der Waals surface area contributed by atoms with Crippen molar-refractivity contribution in [3.8, 4) is 23.1 Å². The van der Waals surface area contributed by atoms with Gasteiger partial charge in [-0.2, -0.15) is 5.10 Å². The summed E-state index contributed by atoms with van der Waals surface area (Å²) in [5, 5.41) is 5.19. The highest BCUT2D eigenvalue weighted by Crippen LogP contribution is 2.20. The molecule has 3 aromatic heterocycles. The van der Waals surface area contributed by atoms with Gasteiger partial charge in [0.2, 0.25) is 0 Å². The van der Waals surface area contributed by atoms with E-state index in [1.807, 2.05) is 41.3 Å². The van der Waals surface area contributed by atoms with E-state index in [1.54, 1.807) is 29.2 Å². The van der Waals surface area contributed by atoms with Gasteiger partial charge in [0.05, 0.1) is 30.1 Å². The number of carbonyl (C=O) groups excluding carboxylic acids is 1. The molecule has 0 atom stereocenters. The van der Waals surface area contributed by atoms with Crippen molar-refractivity contribution < 1.29 is 9.53 Å². The monoisotopic (exact) mass is 443 g/mol. The molecular formula is C24H18ClN5O2. The number of aromatic nitrogens is 4. The first-order valence-corrected chi connectivity index (χ1v) is 10.5. The molecule has 0 saturated carbocycles. The van der Waals surface area contributed by atoms with Gasteiger partial charge in [-0.1, -0.05) is 29.7 Å². The molecule has 1 aromatic carbocycles. The van der Waals surface area contributed by atoms with Crippen LogP contribution in [-0.4, -0.2) is 56.7 Å². The Bertz CT molecular complexity index is 1350. The number of hydrogen-bond acceptors (Lipinski definition) is 5.